The fourth-order valence-electron chi connectivity index (χ4n) is 2.17. The van der Waals surface area contributed by atoms with Crippen LogP contribution in [0.5, 0.6) is 0 Å². The number of hydrogen-bond acceptors (Lipinski definition) is 2. The fraction of sp³-hybridized carbons (Fsp3) is 0.385. The molecule has 1 aromatic rings. The highest BCUT2D eigenvalue weighted by Crippen LogP contribution is 2.31. The summed E-state index contributed by atoms with van der Waals surface area (Å²) in [6.07, 6.45) is 2.00. The van der Waals surface area contributed by atoms with Crippen molar-refractivity contribution in [2.75, 3.05) is 26.2 Å². The van der Waals surface area contributed by atoms with Gasteiger partial charge in [0.15, 0.2) is 0 Å². The van der Waals surface area contributed by atoms with Crippen LogP contribution in [-0.4, -0.2) is 31.1 Å². The first-order valence-electron chi connectivity index (χ1n) is 5.74. The third-order valence-corrected chi connectivity index (χ3v) is 3.97. The summed E-state index contributed by atoms with van der Waals surface area (Å²) in [7, 11) is 0. The molecule has 1 aliphatic rings. The average molecular weight is 389 g/mol. The molecule has 0 unspecified atom stereocenters. The normalized spacial score (nSPS) is 16.9. The molecule has 1 atom stereocenters. The minimum Gasteiger partial charge on any atom is -0.314 e. The Hall–Kier alpha value is 0.230. The van der Waals surface area contributed by atoms with Crippen molar-refractivity contribution >= 4 is 52.3 Å². The molecule has 0 aliphatic carbocycles. The van der Waals surface area contributed by atoms with E-state index in [1.165, 1.54) is 5.56 Å². The number of nitrogens with zero attached hydrogens (tertiary/aromatic N) is 1. The molecule has 108 valence electrons. The molecule has 0 radical (unpaired) electrons. The molecule has 0 saturated carbocycles. The number of hydrogen-bond donors (Lipinski definition) is 1. The lowest BCUT2D eigenvalue weighted by Crippen LogP contribution is -2.44. The van der Waals surface area contributed by atoms with Crippen molar-refractivity contribution < 1.29 is 0 Å². The van der Waals surface area contributed by atoms with Crippen LogP contribution < -0.4 is 5.32 Å². The Kier molecular flexibility index (Phi) is 9.33. The van der Waals surface area contributed by atoms with Crippen molar-refractivity contribution in [3.05, 3.63) is 45.9 Å². The van der Waals surface area contributed by atoms with Gasteiger partial charge >= 0.3 is 0 Å². The molecular formula is C13H18BrCl3N2. The highest BCUT2D eigenvalue weighted by atomic mass is 79.9. The molecule has 1 aliphatic heterocycles. The van der Waals surface area contributed by atoms with E-state index in [-0.39, 0.29) is 30.9 Å². The molecule has 0 aromatic heterocycles. The summed E-state index contributed by atoms with van der Waals surface area (Å²) in [5.74, 6) is 0. The molecule has 0 amide bonds. The van der Waals surface area contributed by atoms with Crippen LogP contribution in [0, 0.1) is 0 Å². The van der Waals surface area contributed by atoms with Gasteiger partial charge in [0.1, 0.15) is 0 Å². The Balaban J connectivity index is 0.00000162. The second-order valence-electron chi connectivity index (χ2n) is 4.13. The molecule has 1 saturated heterocycles. The molecule has 19 heavy (non-hydrogen) atoms. The number of nitrogens with one attached hydrogen (secondary N) is 1. The molecule has 1 aromatic carbocycles. The van der Waals surface area contributed by atoms with Crippen LogP contribution in [0.1, 0.15) is 11.6 Å². The van der Waals surface area contributed by atoms with Crippen molar-refractivity contribution in [2.45, 2.75) is 6.04 Å². The minimum atomic E-state index is 0. The first-order chi connectivity index (χ1) is 8.22. The Labute approximate surface area is 140 Å². The molecule has 0 bridgehead atoms. The number of piperazine rings is 1. The van der Waals surface area contributed by atoms with E-state index < -0.39 is 0 Å². The van der Waals surface area contributed by atoms with Gasteiger partial charge in [0.2, 0.25) is 0 Å². The van der Waals surface area contributed by atoms with E-state index in [1.54, 1.807) is 0 Å². The van der Waals surface area contributed by atoms with Gasteiger partial charge in [-0.1, -0.05) is 39.7 Å². The van der Waals surface area contributed by atoms with Gasteiger partial charge in [-0.2, -0.15) is 0 Å². The SMILES string of the molecule is C=C[C@H](c1ccc(Cl)cc1Br)N1CCNCC1.Cl.Cl. The van der Waals surface area contributed by atoms with E-state index in [4.69, 9.17) is 11.6 Å². The van der Waals surface area contributed by atoms with Gasteiger partial charge in [-0.3, -0.25) is 4.90 Å². The lowest BCUT2D eigenvalue weighted by molar-refractivity contribution is 0.203. The number of benzene rings is 1. The summed E-state index contributed by atoms with van der Waals surface area (Å²) in [5, 5.41) is 4.11. The van der Waals surface area contributed by atoms with Crippen LogP contribution in [0.4, 0.5) is 0 Å². The van der Waals surface area contributed by atoms with Crippen LogP contribution in [0.2, 0.25) is 5.02 Å². The van der Waals surface area contributed by atoms with E-state index in [1.807, 2.05) is 18.2 Å². The second-order valence-corrected chi connectivity index (χ2v) is 5.42. The molecule has 6 heteroatoms. The topological polar surface area (TPSA) is 15.3 Å². The van der Waals surface area contributed by atoms with Crippen molar-refractivity contribution in [3.8, 4) is 0 Å². The first kappa shape index (κ1) is 19.2. The Morgan fingerprint density at radius 1 is 1.32 bits per heavy atom. The Morgan fingerprint density at radius 3 is 2.47 bits per heavy atom. The van der Waals surface area contributed by atoms with Crippen LogP contribution in [0.3, 0.4) is 0 Å². The number of halogens is 4. The van der Waals surface area contributed by atoms with Gasteiger partial charge in [0.05, 0.1) is 6.04 Å². The van der Waals surface area contributed by atoms with Crippen molar-refractivity contribution in [1.29, 1.82) is 0 Å². The Bertz CT molecular complexity index is 409. The fourth-order valence-corrected chi connectivity index (χ4v) is 3.09. The zero-order valence-electron chi connectivity index (χ0n) is 10.4. The Morgan fingerprint density at radius 2 is 1.95 bits per heavy atom. The summed E-state index contributed by atoms with van der Waals surface area (Å²) < 4.78 is 1.05. The standard InChI is InChI=1S/C13H16BrClN2.2ClH/c1-2-13(17-7-5-16-6-8-17)11-4-3-10(15)9-12(11)14;;/h2-4,9,13,16H,1,5-8H2;2*1H/t13-;;/m1../s1. The van der Waals surface area contributed by atoms with Gasteiger partial charge in [0, 0.05) is 35.7 Å². The zero-order valence-corrected chi connectivity index (χ0v) is 14.4. The van der Waals surface area contributed by atoms with Crippen molar-refractivity contribution in [1.82, 2.24) is 10.2 Å². The second kappa shape index (κ2) is 9.22. The van der Waals surface area contributed by atoms with Gasteiger partial charge in [-0.15, -0.1) is 31.4 Å². The van der Waals surface area contributed by atoms with E-state index in [0.29, 0.717) is 0 Å². The molecule has 1 N–H and O–H groups in total. The molecule has 1 heterocycles. The van der Waals surface area contributed by atoms with Crippen LogP contribution in [0.25, 0.3) is 0 Å². The van der Waals surface area contributed by atoms with Crippen molar-refractivity contribution in [3.63, 3.8) is 0 Å². The maximum Gasteiger partial charge on any atom is 0.0541 e. The first-order valence-corrected chi connectivity index (χ1v) is 6.91. The summed E-state index contributed by atoms with van der Waals surface area (Å²) in [6.45, 7) is 8.13. The third-order valence-electron chi connectivity index (χ3n) is 3.05. The van der Waals surface area contributed by atoms with Crippen LogP contribution in [0.15, 0.2) is 35.3 Å². The highest BCUT2D eigenvalue weighted by Gasteiger charge is 2.21. The average Bonchev–Trinajstić information content (AvgIpc) is 2.34. The van der Waals surface area contributed by atoms with Gasteiger partial charge in [0.25, 0.3) is 0 Å². The lowest BCUT2D eigenvalue weighted by Gasteiger charge is -2.33. The summed E-state index contributed by atoms with van der Waals surface area (Å²) in [5.41, 5.74) is 1.23. The summed E-state index contributed by atoms with van der Waals surface area (Å²) in [6, 6.07) is 6.19. The minimum absolute atomic E-state index is 0. The number of rotatable bonds is 3. The molecule has 1 fully saturated rings. The quantitative estimate of drug-likeness (QED) is 0.785. The monoisotopic (exact) mass is 386 g/mol. The smallest absolute Gasteiger partial charge is 0.0541 e. The van der Waals surface area contributed by atoms with Crippen molar-refractivity contribution in [2.24, 2.45) is 0 Å². The zero-order chi connectivity index (χ0) is 12.3. The maximum atomic E-state index is 5.97. The lowest BCUT2D eigenvalue weighted by atomic mass is 10.0. The molecule has 2 nitrogen and oxygen atoms in total. The van der Waals surface area contributed by atoms with Crippen LogP contribution >= 0.6 is 52.3 Å². The van der Waals surface area contributed by atoms with Crippen LogP contribution in [-0.2, 0) is 0 Å². The maximum absolute atomic E-state index is 5.97. The van der Waals surface area contributed by atoms with Gasteiger partial charge < -0.3 is 5.32 Å². The predicted octanol–water partition coefficient (Wildman–Crippen LogP) is 4.08. The van der Waals surface area contributed by atoms with E-state index in [0.717, 1.165) is 35.7 Å². The van der Waals surface area contributed by atoms with Gasteiger partial charge in [-0.05, 0) is 17.7 Å². The highest BCUT2D eigenvalue weighted by molar-refractivity contribution is 9.10. The van der Waals surface area contributed by atoms with E-state index in [2.05, 4.69) is 38.8 Å². The van der Waals surface area contributed by atoms with Gasteiger partial charge in [-0.25, -0.2) is 0 Å². The molecular weight excluding hydrogens is 370 g/mol. The molecule has 0 spiro atoms. The molecule has 2 rings (SSSR count). The third kappa shape index (κ3) is 4.92. The largest absolute Gasteiger partial charge is 0.314 e. The predicted molar refractivity (Wildman–Crippen MR) is 91.0 cm³/mol. The summed E-state index contributed by atoms with van der Waals surface area (Å²) in [4.78, 5) is 2.43. The summed E-state index contributed by atoms with van der Waals surface area (Å²) >= 11 is 9.55. The van der Waals surface area contributed by atoms with E-state index >= 15 is 0 Å². The van der Waals surface area contributed by atoms with E-state index in [9.17, 15) is 0 Å².